The summed E-state index contributed by atoms with van der Waals surface area (Å²) in [7, 11) is 1.62. The van der Waals surface area contributed by atoms with Crippen LogP contribution in [0.4, 0.5) is 5.13 Å². The van der Waals surface area contributed by atoms with E-state index in [1.165, 1.54) is 23.1 Å². The maximum atomic E-state index is 12.6. The van der Waals surface area contributed by atoms with Gasteiger partial charge in [0.05, 0.1) is 30.5 Å². The molecular weight excluding hydrogens is 470 g/mol. The second-order valence-electron chi connectivity index (χ2n) is 7.06. The van der Waals surface area contributed by atoms with Gasteiger partial charge in [-0.1, -0.05) is 42.1 Å². The number of furan rings is 1. The van der Waals surface area contributed by atoms with Gasteiger partial charge in [-0.15, -0.1) is 21.5 Å². The normalized spacial score (nSPS) is 10.9. The molecule has 0 radical (unpaired) electrons. The molecule has 0 aliphatic carbocycles. The molecule has 1 amide bonds. The van der Waals surface area contributed by atoms with Gasteiger partial charge in [-0.3, -0.25) is 9.36 Å². The molecule has 0 aliphatic heterocycles. The zero-order valence-electron chi connectivity index (χ0n) is 18.0. The Morgan fingerprint density at radius 1 is 1.09 bits per heavy atom. The number of anilines is 1. The summed E-state index contributed by atoms with van der Waals surface area (Å²) in [6, 6.07) is 21.0. The van der Waals surface area contributed by atoms with E-state index >= 15 is 0 Å². The Labute approximate surface area is 203 Å². The summed E-state index contributed by atoms with van der Waals surface area (Å²) < 4.78 is 12.7. The third-order valence-corrected chi connectivity index (χ3v) is 6.54. The molecular formula is C24H19N5O3S2. The average molecular weight is 490 g/mol. The molecule has 0 aliphatic rings. The van der Waals surface area contributed by atoms with E-state index in [-0.39, 0.29) is 11.7 Å². The van der Waals surface area contributed by atoms with Gasteiger partial charge in [0.2, 0.25) is 11.7 Å². The molecule has 10 heteroatoms. The highest BCUT2D eigenvalue weighted by Crippen LogP contribution is 2.30. The average Bonchev–Trinajstić information content (AvgIpc) is 3.64. The number of hydrogen-bond acceptors (Lipinski definition) is 8. The molecule has 0 unspecified atom stereocenters. The smallest absolute Gasteiger partial charge is 0.236 e. The van der Waals surface area contributed by atoms with E-state index in [0.717, 1.165) is 22.7 Å². The van der Waals surface area contributed by atoms with Gasteiger partial charge in [0.1, 0.15) is 5.75 Å². The van der Waals surface area contributed by atoms with Gasteiger partial charge in [0.15, 0.2) is 16.0 Å². The number of rotatable bonds is 8. The summed E-state index contributed by atoms with van der Waals surface area (Å²) in [5.41, 5.74) is 2.66. The van der Waals surface area contributed by atoms with Gasteiger partial charge in [-0.2, -0.15) is 0 Å². The maximum Gasteiger partial charge on any atom is 0.236 e. The first kappa shape index (κ1) is 21.9. The van der Waals surface area contributed by atoms with Crippen molar-refractivity contribution >= 4 is 34.1 Å². The van der Waals surface area contributed by atoms with Crippen molar-refractivity contribution in [2.24, 2.45) is 0 Å². The predicted octanol–water partition coefficient (Wildman–Crippen LogP) is 5.39. The lowest BCUT2D eigenvalue weighted by atomic mass is 10.2. The topological polar surface area (TPSA) is 95.1 Å². The molecule has 1 N–H and O–H groups in total. The minimum absolute atomic E-state index is 0.146. The van der Waals surface area contributed by atoms with E-state index < -0.39 is 0 Å². The summed E-state index contributed by atoms with van der Waals surface area (Å²) in [4.78, 5) is 17.2. The molecule has 170 valence electrons. The Morgan fingerprint density at radius 2 is 1.91 bits per heavy atom. The summed E-state index contributed by atoms with van der Waals surface area (Å²) in [5, 5.41) is 14.5. The minimum atomic E-state index is -0.178. The molecule has 3 aromatic heterocycles. The summed E-state index contributed by atoms with van der Waals surface area (Å²) in [5.74, 6) is 1.83. The molecule has 34 heavy (non-hydrogen) atoms. The third kappa shape index (κ3) is 4.73. The summed E-state index contributed by atoms with van der Waals surface area (Å²) >= 11 is 2.67. The number of methoxy groups -OCH3 is 1. The van der Waals surface area contributed by atoms with Crippen molar-refractivity contribution in [3.8, 4) is 34.3 Å². The Hall–Kier alpha value is -3.89. The highest BCUT2D eigenvalue weighted by Gasteiger charge is 2.19. The lowest BCUT2D eigenvalue weighted by Gasteiger charge is -2.10. The van der Waals surface area contributed by atoms with Crippen molar-refractivity contribution in [3.63, 3.8) is 0 Å². The molecule has 0 fully saturated rings. The first-order valence-corrected chi connectivity index (χ1v) is 12.1. The van der Waals surface area contributed by atoms with E-state index in [1.807, 2.05) is 70.6 Å². The monoisotopic (exact) mass is 489 g/mol. The lowest BCUT2D eigenvalue weighted by molar-refractivity contribution is -0.113. The quantitative estimate of drug-likeness (QED) is 0.292. The first-order chi connectivity index (χ1) is 16.7. The van der Waals surface area contributed by atoms with Gasteiger partial charge in [0, 0.05) is 10.9 Å². The molecule has 2 aromatic carbocycles. The fourth-order valence-corrected chi connectivity index (χ4v) is 4.74. The van der Waals surface area contributed by atoms with Gasteiger partial charge >= 0.3 is 0 Å². The van der Waals surface area contributed by atoms with Crippen LogP contribution >= 0.6 is 23.1 Å². The van der Waals surface area contributed by atoms with Crippen molar-refractivity contribution in [3.05, 3.63) is 78.4 Å². The lowest BCUT2D eigenvalue weighted by Crippen LogP contribution is -2.14. The van der Waals surface area contributed by atoms with Crippen molar-refractivity contribution < 1.29 is 13.9 Å². The molecule has 3 heterocycles. The van der Waals surface area contributed by atoms with E-state index in [0.29, 0.717) is 21.9 Å². The van der Waals surface area contributed by atoms with Crippen LogP contribution in [-0.4, -0.2) is 38.5 Å². The Bertz CT molecular complexity index is 1380. The van der Waals surface area contributed by atoms with Crippen LogP contribution in [0.2, 0.25) is 0 Å². The first-order valence-electron chi connectivity index (χ1n) is 10.3. The zero-order chi connectivity index (χ0) is 23.3. The number of carbonyl (C=O) groups excluding carboxylic acids is 1. The van der Waals surface area contributed by atoms with Crippen LogP contribution in [-0.2, 0) is 4.79 Å². The van der Waals surface area contributed by atoms with E-state index in [1.54, 1.807) is 19.4 Å². The fraction of sp³-hybridized carbons (Fsp3) is 0.0833. The van der Waals surface area contributed by atoms with Gasteiger partial charge in [-0.05, 0) is 36.4 Å². The predicted molar refractivity (Wildman–Crippen MR) is 133 cm³/mol. The van der Waals surface area contributed by atoms with Crippen LogP contribution in [0.25, 0.3) is 28.5 Å². The van der Waals surface area contributed by atoms with E-state index in [9.17, 15) is 4.79 Å². The zero-order valence-corrected chi connectivity index (χ0v) is 19.7. The van der Waals surface area contributed by atoms with E-state index in [2.05, 4.69) is 20.5 Å². The molecule has 8 nitrogen and oxygen atoms in total. The van der Waals surface area contributed by atoms with Crippen LogP contribution in [0, 0.1) is 0 Å². The SMILES string of the molecule is COc1ccc(-n2c(SCC(=O)Nc3nc(-c4ccccc4)cs3)nnc2-c2ccco2)cc1. The molecule has 0 spiro atoms. The highest BCUT2D eigenvalue weighted by molar-refractivity contribution is 7.99. The molecule has 5 rings (SSSR count). The van der Waals surface area contributed by atoms with Gasteiger partial charge < -0.3 is 14.5 Å². The minimum Gasteiger partial charge on any atom is -0.497 e. The van der Waals surface area contributed by atoms with Gasteiger partial charge in [0.25, 0.3) is 0 Å². The van der Waals surface area contributed by atoms with Gasteiger partial charge in [-0.25, -0.2) is 4.98 Å². The van der Waals surface area contributed by atoms with Crippen LogP contribution in [0.15, 0.2) is 87.9 Å². The Kier molecular flexibility index (Phi) is 6.41. The molecule has 0 saturated heterocycles. The van der Waals surface area contributed by atoms with Crippen LogP contribution in [0.5, 0.6) is 5.75 Å². The number of thioether (sulfide) groups is 1. The van der Waals surface area contributed by atoms with Crippen LogP contribution < -0.4 is 10.1 Å². The second-order valence-corrected chi connectivity index (χ2v) is 8.86. The number of amides is 1. The largest absolute Gasteiger partial charge is 0.497 e. The number of hydrogen-bond donors (Lipinski definition) is 1. The molecule has 0 atom stereocenters. The van der Waals surface area contributed by atoms with E-state index in [4.69, 9.17) is 9.15 Å². The Balaban J connectivity index is 1.32. The number of carbonyl (C=O) groups is 1. The number of ether oxygens (including phenoxy) is 1. The second kappa shape index (κ2) is 9.94. The molecule has 5 aromatic rings. The number of thiazole rings is 1. The van der Waals surface area contributed by atoms with Crippen molar-refractivity contribution in [1.82, 2.24) is 19.7 Å². The highest BCUT2D eigenvalue weighted by atomic mass is 32.2. The van der Waals surface area contributed by atoms with Crippen LogP contribution in [0.1, 0.15) is 0 Å². The van der Waals surface area contributed by atoms with Crippen molar-refractivity contribution in [1.29, 1.82) is 0 Å². The maximum absolute atomic E-state index is 12.6. The summed E-state index contributed by atoms with van der Waals surface area (Å²) in [6.07, 6.45) is 1.58. The van der Waals surface area contributed by atoms with Crippen molar-refractivity contribution in [2.45, 2.75) is 5.16 Å². The number of nitrogens with one attached hydrogen (secondary N) is 1. The fourth-order valence-electron chi connectivity index (χ4n) is 3.25. The number of aromatic nitrogens is 4. The summed E-state index contributed by atoms with van der Waals surface area (Å²) in [6.45, 7) is 0. The standard InChI is InChI=1S/C24H19N5O3S2/c1-31-18-11-9-17(10-12-18)29-22(20-8-5-13-32-20)27-28-24(29)34-15-21(30)26-23-25-19(14-33-23)16-6-3-2-4-7-16/h2-14H,15H2,1H3,(H,25,26,30). The Morgan fingerprint density at radius 3 is 2.65 bits per heavy atom. The third-order valence-electron chi connectivity index (χ3n) is 4.86. The van der Waals surface area contributed by atoms with Crippen molar-refractivity contribution in [2.75, 3.05) is 18.2 Å². The molecule has 0 saturated carbocycles. The number of benzene rings is 2. The van der Waals surface area contributed by atoms with Crippen LogP contribution in [0.3, 0.4) is 0 Å². The molecule has 0 bridgehead atoms. The number of nitrogens with zero attached hydrogens (tertiary/aromatic N) is 4.